The van der Waals surface area contributed by atoms with E-state index in [-0.39, 0.29) is 42.2 Å². The van der Waals surface area contributed by atoms with Crippen molar-refractivity contribution in [2.75, 3.05) is 32.6 Å². The summed E-state index contributed by atoms with van der Waals surface area (Å²) in [5.41, 5.74) is 0.712. The van der Waals surface area contributed by atoms with Crippen molar-refractivity contribution in [2.24, 2.45) is 5.92 Å². The van der Waals surface area contributed by atoms with E-state index in [1.54, 1.807) is 29.2 Å². The summed E-state index contributed by atoms with van der Waals surface area (Å²) in [4.78, 5) is 23.3. The van der Waals surface area contributed by atoms with Crippen molar-refractivity contribution in [3.8, 4) is 11.5 Å². The van der Waals surface area contributed by atoms with E-state index < -0.39 is 18.0 Å². The van der Waals surface area contributed by atoms with E-state index in [0.717, 1.165) is 0 Å². The maximum absolute atomic E-state index is 14.5. The number of halogens is 2. The number of likely N-dealkylation sites (tertiary alicyclic amines) is 1. The number of carbonyl (C=O) groups is 1. The molecule has 0 bridgehead atoms. The number of hydrogen-bond donors (Lipinski definition) is 3. The SMILES string of the molecule is [2H]CN1C[C@@H](Oc2cc3c(Nc4cccc(Cl)c4F)ncnc3cc2OC)C[C@H]1C(=O)N[C@H](CO)C(C)C. The Morgan fingerprint density at radius 2 is 2.16 bits per heavy atom. The number of likely N-dealkylation sites (N-methyl/N-ethyl adjacent to an activating group) is 1. The lowest BCUT2D eigenvalue weighted by Crippen LogP contribution is -2.48. The molecule has 1 amide bonds. The number of rotatable bonds is 9. The van der Waals surface area contributed by atoms with Gasteiger partial charge in [-0.25, -0.2) is 14.4 Å². The predicted octanol–water partition coefficient (Wildman–Crippen LogP) is 3.76. The fourth-order valence-corrected chi connectivity index (χ4v) is 4.42. The number of aromatic nitrogens is 2. The monoisotopic (exact) mass is 532 g/mol. The molecule has 0 spiro atoms. The molecular formula is C26H31ClFN5O4. The van der Waals surface area contributed by atoms with E-state index in [9.17, 15) is 14.3 Å². The molecule has 3 aromatic rings. The Hall–Kier alpha value is -3.21. The first-order valence-corrected chi connectivity index (χ1v) is 12.3. The number of fused-ring (bicyclic) bond motifs is 1. The standard InChI is InChI=1S/C26H31ClFN5O4/c1-14(2)20(12-34)32-26(35)21-8-15(11-33(21)3)37-23-9-16-19(10-22(23)36-4)29-13-30-25(16)31-18-7-5-6-17(27)24(18)28/h5-7,9-10,13-15,20-21,34H,8,11-12H2,1-4H3,(H,32,35)(H,29,30,31)/t15-,20+,21-/m0/s1/i3D. The van der Waals surface area contributed by atoms with Crippen molar-refractivity contribution in [2.45, 2.75) is 38.5 Å². The minimum atomic E-state index is -0.599. The predicted molar refractivity (Wildman–Crippen MR) is 140 cm³/mol. The molecule has 4 rings (SSSR count). The fraction of sp³-hybridized carbons (Fsp3) is 0.423. The van der Waals surface area contributed by atoms with Crippen LogP contribution >= 0.6 is 11.6 Å². The Labute approximate surface area is 221 Å². The number of aliphatic hydroxyl groups excluding tert-OH is 1. The van der Waals surface area contributed by atoms with E-state index in [1.807, 2.05) is 13.8 Å². The molecule has 2 aromatic carbocycles. The third-order valence-electron chi connectivity index (χ3n) is 6.42. The summed E-state index contributed by atoms with van der Waals surface area (Å²) in [6, 6.07) is 7.10. The van der Waals surface area contributed by atoms with Gasteiger partial charge in [-0.15, -0.1) is 0 Å². The average Bonchev–Trinajstić information content (AvgIpc) is 3.32. The van der Waals surface area contributed by atoms with Crippen LogP contribution < -0.4 is 20.1 Å². The molecule has 0 unspecified atom stereocenters. The quantitative estimate of drug-likeness (QED) is 0.382. The number of amides is 1. The molecule has 0 saturated carbocycles. The van der Waals surface area contributed by atoms with Crippen LogP contribution in [-0.2, 0) is 4.79 Å². The highest BCUT2D eigenvalue weighted by Crippen LogP contribution is 2.37. The van der Waals surface area contributed by atoms with E-state index in [2.05, 4.69) is 20.6 Å². The van der Waals surface area contributed by atoms with Crippen molar-refractivity contribution in [3.63, 3.8) is 0 Å². The van der Waals surface area contributed by atoms with E-state index in [0.29, 0.717) is 41.2 Å². The van der Waals surface area contributed by atoms with Crippen molar-refractivity contribution < 1.29 is 25.1 Å². The zero-order valence-corrected chi connectivity index (χ0v) is 21.6. The maximum Gasteiger partial charge on any atom is 0.237 e. The van der Waals surface area contributed by atoms with Gasteiger partial charge in [-0.05, 0) is 31.1 Å². The second-order valence-corrected chi connectivity index (χ2v) is 9.68. The van der Waals surface area contributed by atoms with E-state index in [4.69, 9.17) is 22.4 Å². The lowest BCUT2D eigenvalue weighted by Gasteiger charge is -2.24. The number of hydrogen-bond acceptors (Lipinski definition) is 8. The Kier molecular flexibility index (Phi) is 7.87. The number of benzene rings is 2. The van der Waals surface area contributed by atoms with Gasteiger partial charge in [0.1, 0.15) is 18.2 Å². The summed E-state index contributed by atoms with van der Waals surface area (Å²) < 4.78 is 34.3. The molecule has 1 fully saturated rings. The summed E-state index contributed by atoms with van der Waals surface area (Å²) in [5, 5.41) is 16.0. The van der Waals surface area contributed by atoms with Gasteiger partial charge >= 0.3 is 0 Å². The van der Waals surface area contributed by atoms with Crippen LogP contribution in [0, 0.1) is 11.7 Å². The Morgan fingerprint density at radius 1 is 1.35 bits per heavy atom. The first-order chi connectivity index (χ1) is 18.2. The lowest BCUT2D eigenvalue weighted by atomic mass is 10.0. The molecule has 3 N–H and O–H groups in total. The average molecular weight is 533 g/mol. The third kappa shape index (κ3) is 5.87. The smallest absolute Gasteiger partial charge is 0.237 e. The molecule has 11 heteroatoms. The summed E-state index contributed by atoms with van der Waals surface area (Å²) >= 11 is 5.92. The molecule has 9 nitrogen and oxygen atoms in total. The Balaban J connectivity index is 1.59. The van der Waals surface area contributed by atoms with Crippen molar-refractivity contribution >= 4 is 39.9 Å². The highest BCUT2D eigenvalue weighted by atomic mass is 35.5. The number of aliphatic hydroxyl groups is 1. The normalized spacial score (nSPS) is 19.1. The van der Waals surface area contributed by atoms with Gasteiger partial charge in [-0.1, -0.05) is 31.5 Å². The zero-order valence-electron chi connectivity index (χ0n) is 21.9. The van der Waals surface area contributed by atoms with Gasteiger partial charge in [0.05, 0.1) is 42.0 Å². The topological polar surface area (TPSA) is 109 Å². The molecule has 37 heavy (non-hydrogen) atoms. The zero-order chi connectivity index (χ0) is 27.4. The number of nitrogens with zero attached hydrogens (tertiary/aromatic N) is 3. The summed E-state index contributed by atoms with van der Waals surface area (Å²) in [6.07, 6.45) is 1.31. The van der Waals surface area contributed by atoms with Gasteiger partial charge in [0, 0.05) is 25.8 Å². The maximum atomic E-state index is 14.5. The number of nitrogens with one attached hydrogen (secondary N) is 2. The van der Waals surface area contributed by atoms with Gasteiger partial charge in [0.15, 0.2) is 17.3 Å². The van der Waals surface area contributed by atoms with Crippen LogP contribution in [0.15, 0.2) is 36.7 Å². The van der Waals surface area contributed by atoms with Gasteiger partial charge in [0.2, 0.25) is 5.91 Å². The second kappa shape index (κ2) is 11.5. The van der Waals surface area contributed by atoms with Crippen molar-refractivity contribution in [1.29, 1.82) is 0 Å². The van der Waals surface area contributed by atoms with Crippen LogP contribution in [0.4, 0.5) is 15.9 Å². The summed E-state index contributed by atoms with van der Waals surface area (Å²) in [5.74, 6) is 0.401. The van der Waals surface area contributed by atoms with Gasteiger partial charge in [0.25, 0.3) is 0 Å². The molecule has 1 aromatic heterocycles. The first kappa shape index (κ1) is 25.4. The fourth-order valence-electron chi connectivity index (χ4n) is 4.24. The minimum Gasteiger partial charge on any atom is -0.493 e. The van der Waals surface area contributed by atoms with Crippen molar-refractivity contribution in [3.05, 3.63) is 47.5 Å². The Morgan fingerprint density at radius 3 is 2.86 bits per heavy atom. The molecule has 198 valence electrons. The number of methoxy groups -OCH3 is 1. The Bertz CT molecular complexity index is 1300. The van der Waals surface area contributed by atoms with Crippen molar-refractivity contribution in [1.82, 2.24) is 20.2 Å². The molecule has 3 atom stereocenters. The molecule has 1 saturated heterocycles. The molecule has 1 aliphatic heterocycles. The van der Waals surface area contributed by atoms with Crippen LogP contribution in [0.5, 0.6) is 11.5 Å². The highest BCUT2D eigenvalue weighted by molar-refractivity contribution is 6.31. The van der Waals surface area contributed by atoms with Crippen LogP contribution in [-0.4, -0.2) is 71.4 Å². The largest absolute Gasteiger partial charge is 0.493 e. The molecule has 1 aliphatic rings. The third-order valence-corrected chi connectivity index (χ3v) is 6.71. The number of anilines is 2. The first-order valence-electron chi connectivity index (χ1n) is 12.6. The molecule has 2 heterocycles. The van der Waals surface area contributed by atoms with E-state index in [1.165, 1.54) is 19.5 Å². The summed E-state index contributed by atoms with van der Waals surface area (Å²) in [6.45, 7) is 4.04. The molecule has 0 aliphatic carbocycles. The van der Waals surface area contributed by atoms with Crippen LogP contribution in [0.2, 0.25) is 5.02 Å². The minimum absolute atomic E-state index is 0.0171. The lowest BCUT2D eigenvalue weighted by molar-refractivity contribution is -0.126. The summed E-state index contributed by atoms with van der Waals surface area (Å²) in [7, 11) is 1.43. The van der Waals surface area contributed by atoms with Crippen LogP contribution in [0.25, 0.3) is 10.9 Å². The molecular weight excluding hydrogens is 501 g/mol. The second-order valence-electron chi connectivity index (χ2n) is 9.27. The van der Waals surface area contributed by atoms with Crippen LogP contribution in [0.1, 0.15) is 21.6 Å². The van der Waals surface area contributed by atoms with Gasteiger partial charge in [-0.2, -0.15) is 0 Å². The van der Waals surface area contributed by atoms with Gasteiger partial charge in [-0.3, -0.25) is 9.69 Å². The highest BCUT2D eigenvalue weighted by Gasteiger charge is 2.37. The number of carbonyl (C=O) groups excluding carboxylic acids is 1. The number of ether oxygens (including phenoxy) is 2. The van der Waals surface area contributed by atoms with E-state index >= 15 is 0 Å². The molecule has 0 radical (unpaired) electrons. The van der Waals surface area contributed by atoms with Crippen LogP contribution in [0.3, 0.4) is 0 Å². The van der Waals surface area contributed by atoms with Gasteiger partial charge < -0.3 is 25.2 Å².